The molecule has 0 bridgehead atoms. The highest BCUT2D eigenvalue weighted by atomic mass is 35.5. The van der Waals surface area contributed by atoms with Gasteiger partial charge < -0.3 is 9.47 Å². The highest BCUT2D eigenvalue weighted by Crippen LogP contribution is 2.33. The Kier molecular flexibility index (Phi) is 8.30. The molecule has 3 aromatic rings. The van der Waals surface area contributed by atoms with Crippen LogP contribution >= 0.6 is 11.6 Å². The van der Waals surface area contributed by atoms with Crippen LogP contribution in [0.4, 0.5) is 0 Å². The molecule has 7 heteroatoms. The molecule has 0 unspecified atom stereocenters. The van der Waals surface area contributed by atoms with E-state index < -0.39 is 11.8 Å². The Hall–Kier alpha value is -4.34. The third-order valence-electron chi connectivity index (χ3n) is 6.21. The van der Waals surface area contributed by atoms with Crippen LogP contribution in [0.25, 0.3) is 6.08 Å². The Morgan fingerprint density at radius 2 is 1.68 bits per heavy atom. The molecule has 0 spiro atoms. The van der Waals surface area contributed by atoms with E-state index in [4.69, 9.17) is 21.1 Å². The molecule has 0 aromatic heterocycles. The second-order valence-corrected chi connectivity index (χ2v) is 9.28. The second kappa shape index (κ2) is 11.8. The van der Waals surface area contributed by atoms with Crippen LogP contribution in [0.5, 0.6) is 11.5 Å². The molecule has 1 aliphatic heterocycles. The van der Waals surface area contributed by atoms with Crippen molar-refractivity contribution in [1.29, 1.82) is 5.26 Å². The molecule has 38 heavy (non-hydrogen) atoms. The van der Waals surface area contributed by atoms with E-state index in [9.17, 15) is 14.9 Å². The number of carbonyl (C=O) groups excluding carboxylic acids is 2. The van der Waals surface area contributed by atoms with Crippen molar-refractivity contribution >= 4 is 29.5 Å². The molecular formula is C31H27ClN2O4. The monoisotopic (exact) mass is 526 g/mol. The van der Waals surface area contributed by atoms with Crippen LogP contribution in [0.1, 0.15) is 36.1 Å². The van der Waals surface area contributed by atoms with Crippen LogP contribution in [-0.4, -0.2) is 23.3 Å². The van der Waals surface area contributed by atoms with Gasteiger partial charge >= 0.3 is 0 Å². The zero-order valence-electron chi connectivity index (χ0n) is 21.5. The predicted molar refractivity (Wildman–Crippen MR) is 146 cm³/mol. The van der Waals surface area contributed by atoms with E-state index in [0.29, 0.717) is 34.3 Å². The number of aryl methyl sites for hydroxylation is 1. The number of halogens is 1. The fraction of sp³-hybridized carbons (Fsp3) is 0.194. The zero-order valence-corrected chi connectivity index (χ0v) is 22.2. The van der Waals surface area contributed by atoms with Gasteiger partial charge in [-0.25, -0.2) is 0 Å². The normalized spacial score (nSPS) is 14.6. The molecule has 3 aromatic carbocycles. The summed E-state index contributed by atoms with van der Waals surface area (Å²) < 4.78 is 11.8. The van der Waals surface area contributed by atoms with Gasteiger partial charge in [0.15, 0.2) is 11.5 Å². The highest BCUT2D eigenvalue weighted by molar-refractivity contribution is 6.31. The fourth-order valence-electron chi connectivity index (χ4n) is 4.09. The molecule has 1 heterocycles. The van der Waals surface area contributed by atoms with Crippen molar-refractivity contribution in [3.8, 4) is 17.6 Å². The van der Waals surface area contributed by atoms with E-state index in [1.165, 1.54) is 0 Å². The van der Waals surface area contributed by atoms with Crippen molar-refractivity contribution < 1.29 is 19.1 Å². The van der Waals surface area contributed by atoms with Gasteiger partial charge in [0.2, 0.25) is 0 Å². The summed E-state index contributed by atoms with van der Waals surface area (Å²) in [5, 5.41) is 10.3. The van der Waals surface area contributed by atoms with Crippen molar-refractivity contribution in [2.75, 3.05) is 6.61 Å². The molecule has 0 atom stereocenters. The van der Waals surface area contributed by atoms with Crippen molar-refractivity contribution in [2.45, 2.75) is 33.9 Å². The zero-order chi connectivity index (χ0) is 27.2. The second-order valence-electron chi connectivity index (χ2n) is 8.87. The third kappa shape index (κ3) is 5.80. The van der Waals surface area contributed by atoms with Crippen LogP contribution < -0.4 is 9.47 Å². The van der Waals surface area contributed by atoms with Gasteiger partial charge in [-0.05, 0) is 61.7 Å². The number of carbonyl (C=O) groups is 2. The molecule has 0 radical (unpaired) electrons. The lowest BCUT2D eigenvalue weighted by Crippen LogP contribution is -2.42. The smallest absolute Gasteiger partial charge is 0.271 e. The summed E-state index contributed by atoms with van der Waals surface area (Å²) in [6.07, 6.45) is 1.67. The molecular weight excluding hydrogens is 500 g/mol. The minimum Gasteiger partial charge on any atom is -0.490 e. The third-order valence-corrected chi connectivity index (χ3v) is 6.58. The van der Waals surface area contributed by atoms with E-state index in [2.05, 4.69) is 0 Å². The molecule has 6 nitrogen and oxygen atoms in total. The topological polar surface area (TPSA) is 79.6 Å². The highest BCUT2D eigenvalue weighted by Gasteiger charge is 2.35. The SMILES string of the molecule is CCOc1cc(/C=C2/C(=O)N(Cc3ccc(C)cc3)C(=O)C(C#N)=C2C)ccc1OCc1ccccc1Cl. The van der Waals surface area contributed by atoms with Gasteiger partial charge in [0.25, 0.3) is 11.8 Å². The van der Waals surface area contributed by atoms with Crippen LogP contribution in [0.3, 0.4) is 0 Å². The molecule has 0 N–H and O–H groups in total. The standard InChI is InChI=1S/C31H27ClN2O4/c1-4-37-29-16-23(13-14-28(29)38-19-24-7-5-6-8-27(24)32)15-25-21(3)26(17-33)31(36)34(30(25)35)18-22-11-9-20(2)10-12-22/h5-16H,4,18-19H2,1-3H3/b25-15+. The lowest BCUT2D eigenvalue weighted by atomic mass is 9.93. The van der Waals surface area contributed by atoms with Crippen LogP contribution in [0.2, 0.25) is 5.02 Å². The number of rotatable bonds is 8. The van der Waals surface area contributed by atoms with Gasteiger partial charge in [0.05, 0.1) is 13.2 Å². The van der Waals surface area contributed by atoms with E-state index in [-0.39, 0.29) is 24.3 Å². The molecule has 2 amide bonds. The number of imide groups is 1. The fourth-order valence-corrected chi connectivity index (χ4v) is 4.28. The predicted octanol–water partition coefficient (Wildman–Crippen LogP) is 6.42. The Morgan fingerprint density at radius 1 is 0.947 bits per heavy atom. The maximum absolute atomic E-state index is 13.5. The number of hydrogen-bond donors (Lipinski definition) is 0. The van der Waals surface area contributed by atoms with Crippen molar-refractivity contribution in [3.05, 3.63) is 111 Å². The van der Waals surface area contributed by atoms with Gasteiger partial charge in [0, 0.05) is 16.2 Å². The van der Waals surface area contributed by atoms with Gasteiger partial charge in [-0.15, -0.1) is 0 Å². The average molecular weight is 527 g/mol. The van der Waals surface area contributed by atoms with Crippen LogP contribution in [-0.2, 0) is 22.7 Å². The first kappa shape index (κ1) is 26.7. The van der Waals surface area contributed by atoms with E-state index in [1.807, 2.05) is 62.4 Å². The molecule has 0 aliphatic carbocycles. The van der Waals surface area contributed by atoms with Crippen molar-refractivity contribution in [1.82, 2.24) is 4.90 Å². The molecule has 0 saturated heterocycles. The molecule has 4 rings (SSSR count). The first-order valence-electron chi connectivity index (χ1n) is 12.2. The largest absolute Gasteiger partial charge is 0.490 e. The van der Waals surface area contributed by atoms with E-state index >= 15 is 0 Å². The average Bonchev–Trinajstić information content (AvgIpc) is 2.91. The summed E-state index contributed by atoms with van der Waals surface area (Å²) in [6.45, 7) is 6.21. The summed E-state index contributed by atoms with van der Waals surface area (Å²) in [7, 11) is 0. The minimum absolute atomic E-state index is 0.0484. The number of nitriles is 1. The van der Waals surface area contributed by atoms with Gasteiger partial charge in [-0.1, -0.05) is 65.7 Å². The number of amides is 2. The van der Waals surface area contributed by atoms with E-state index in [1.54, 1.807) is 37.3 Å². The maximum Gasteiger partial charge on any atom is 0.271 e. The minimum atomic E-state index is -0.592. The van der Waals surface area contributed by atoms with E-state index in [0.717, 1.165) is 21.6 Å². The van der Waals surface area contributed by atoms with Crippen LogP contribution in [0, 0.1) is 18.3 Å². The number of hydrogen-bond acceptors (Lipinski definition) is 5. The quantitative estimate of drug-likeness (QED) is 0.250. The number of nitrogens with zero attached hydrogens (tertiary/aromatic N) is 2. The van der Waals surface area contributed by atoms with Crippen molar-refractivity contribution in [2.24, 2.45) is 0 Å². The first-order chi connectivity index (χ1) is 18.3. The Bertz CT molecular complexity index is 1480. The Balaban J connectivity index is 1.66. The lowest BCUT2D eigenvalue weighted by molar-refractivity contribution is -0.141. The lowest BCUT2D eigenvalue weighted by Gasteiger charge is -2.27. The Labute approximate surface area is 227 Å². The summed E-state index contributed by atoms with van der Waals surface area (Å²) >= 11 is 6.25. The summed E-state index contributed by atoms with van der Waals surface area (Å²) in [4.78, 5) is 27.6. The Morgan fingerprint density at radius 3 is 2.37 bits per heavy atom. The molecule has 1 aliphatic rings. The van der Waals surface area contributed by atoms with Gasteiger partial charge in [-0.2, -0.15) is 5.26 Å². The van der Waals surface area contributed by atoms with Gasteiger partial charge in [0.1, 0.15) is 18.2 Å². The molecule has 0 fully saturated rings. The number of benzene rings is 3. The maximum atomic E-state index is 13.5. The first-order valence-corrected chi connectivity index (χ1v) is 12.6. The summed E-state index contributed by atoms with van der Waals surface area (Å²) in [5.41, 5.74) is 3.96. The van der Waals surface area contributed by atoms with Gasteiger partial charge in [-0.3, -0.25) is 14.5 Å². The van der Waals surface area contributed by atoms with Crippen molar-refractivity contribution in [3.63, 3.8) is 0 Å². The van der Waals surface area contributed by atoms with Crippen LogP contribution in [0.15, 0.2) is 83.4 Å². The summed E-state index contributed by atoms with van der Waals surface area (Å²) in [5.74, 6) is -0.00735. The number of ether oxygens (including phenoxy) is 2. The molecule has 0 saturated carbocycles. The summed E-state index contributed by atoms with van der Waals surface area (Å²) in [6, 6.07) is 22.3. The molecule has 192 valence electrons.